The first kappa shape index (κ1) is 21.5. The van der Waals surface area contributed by atoms with Gasteiger partial charge in [-0.3, -0.25) is 19.3 Å². The SMILES string of the molecule is O=C(Nc1ccc(N2CCOCC2)c(F)c1)c1ccc2c(c1)C(=O)N(CC1CCCO1)C2=O. The number of nitrogens with zero attached hydrogens (tertiary/aromatic N) is 2. The molecule has 3 amide bonds. The van der Waals surface area contributed by atoms with Crippen molar-refractivity contribution in [2.24, 2.45) is 0 Å². The van der Waals surface area contributed by atoms with E-state index in [1.54, 1.807) is 12.1 Å². The minimum atomic E-state index is -0.492. The number of hydrogen-bond acceptors (Lipinski definition) is 6. The smallest absolute Gasteiger partial charge is 0.261 e. The molecule has 0 aliphatic carbocycles. The Morgan fingerprint density at radius 2 is 1.82 bits per heavy atom. The van der Waals surface area contributed by atoms with Gasteiger partial charge in [-0.05, 0) is 49.2 Å². The van der Waals surface area contributed by atoms with Gasteiger partial charge in [-0.25, -0.2) is 4.39 Å². The van der Waals surface area contributed by atoms with E-state index in [-0.39, 0.29) is 35.2 Å². The Kier molecular flexibility index (Phi) is 5.82. The molecule has 0 spiro atoms. The van der Waals surface area contributed by atoms with Crippen LogP contribution in [0.4, 0.5) is 15.8 Å². The highest BCUT2D eigenvalue weighted by molar-refractivity contribution is 6.22. The van der Waals surface area contributed by atoms with Gasteiger partial charge in [0.15, 0.2) is 0 Å². The molecule has 5 rings (SSSR count). The number of benzene rings is 2. The van der Waals surface area contributed by atoms with Crippen LogP contribution >= 0.6 is 0 Å². The molecule has 1 atom stereocenters. The van der Waals surface area contributed by atoms with E-state index in [1.807, 2.05) is 4.90 Å². The highest BCUT2D eigenvalue weighted by Crippen LogP contribution is 2.27. The summed E-state index contributed by atoms with van der Waals surface area (Å²) < 4.78 is 25.5. The van der Waals surface area contributed by atoms with Crippen LogP contribution in [0.3, 0.4) is 0 Å². The van der Waals surface area contributed by atoms with Crippen molar-refractivity contribution in [1.82, 2.24) is 4.90 Å². The van der Waals surface area contributed by atoms with Crippen molar-refractivity contribution in [3.05, 3.63) is 58.9 Å². The molecule has 172 valence electrons. The molecule has 1 unspecified atom stereocenters. The number of ether oxygens (including phenoxy) is 2. The largest absolute Gasteiger partial charge is 0.378 e. The second kappa shape index (κ2) is 8.92. The summed E-state index contributed by atoms with van der Waals surface area (Å²) in [7, 11) is 0. The standard InChI is InChI=1S/C24H24FN3O5/c25-20-13-16(4-6-21(20)27-7-10-32-11-8-27)26-22(29)15-3-5-18-19(12-15)24(31)28(23(18)30)14-17-2-1-9-33-17/h3-6,12-13,17H,1-2,7-11,14H2,(H,26,29). The van der Waals surface area contributed by atoms with Crippen molar-refractivity contribution in [3.63, 3.8) is 0 Å². The van der Waals surface area contributed by atoms with Crippen molar-refractivity contribution in [3.8, 4) is 0 Å². The number of fused-ring (bicyclic) bond motifs is 1. The number of carbonyl (C=O) groups is 3. The van der Waals surface area contributed by atoms with Crippen LogP contribution in [0.2, 0.25) is 0 Å². The first-order valence-corrected chi connectivity index (χ1v) is 11.1. The molecule has 9 heteroatoms. The highest BCUT2D eigenvalue weighted by atomic mass is 19.1. The second-order valence-electron chi connectivity index (χ2n) is 8.34. The third kappa shape index (κ3) is 4.21. The molecular weight excluding hydrogens is 429 g/mol. The maximum atomic E-state index is 14.6. The summed E-state index contributed by atoms with van der Waals surface area (Å²) in [6.45, 7) is 3.14. The monoisotopic (exact) mass is 453 g/mol. The lowest BCUT2D eigenvalue weighted by Crippen LogP contribution is -2.36. The molecule has 8 nitrogen and oxygen atoms in total. The Balaban J connectivity index is 1.29. The second-order valence-corrected chi connectivity index (χ2v) is 8.34. The van der Waals surface area contributed by atoms with E-state index >= 15 is 0 Å². The Morgan fingerprint density at radius 3 is 2.55 bits per heavy atom. The summed E-state index contributed by atoms with van der Waals surface area (Å²) in [5.74, 6) is -1.73. The Morgan fingerprint density at radius 1 is 1.03 bits per heavy atom. The number of halogens is 1. The fourth-order valence-electron chi connectivity index (χ4n) is 4.44. The number of morpholine rings is 1. The van der Waals surface area contributed by atoms with Gasteiger partial charge in [0.2, 0.25) is 0 Å². The molecule has 0 bridgehead atoms. The van der Waals surface area contributed by atoms with E-state index in [0.717, 1.165) is 12.8 Å². The van der Waals surface area contributed by atoms with Gasteiger partial charge < -0.3 is 19.7 Å². The summed E-state index contributed by atoms with van der Waals surface area (Å²) in [6.07, 6.45) is 1.57. The van der Waals surface area contributed by atoms with Crippen molar-refractivity contribution in [1.29, 1.82) is 0 Å². The Bertz CT molecular complexity index is 1110. The predicted octanol–water partition coefficient (Wildman–Crippen LogP) is 2.69. The number of carbonyl (C=O) groups excluding carboxylic acids is 3. The van der Waals surface area contributed by atoms with Gasteiger partial charge in [0.1, 0.15) is 5.82 Å². The normalized spacial score (nSPS) is 20.3. The van der Waals surface area contributed by atoms with E-state index in [1.165, 1.54) is 29.2 Å². The van der Waals surface area contributed by atoms with E-state index < -0.39 is 17.6 Å². The van der Waals surface area contributed by atoms with Crippen LogP contribution in [0.1, 0.15) is 43.9 Å². The van der Waals surface area contributed by atoms with Gasteiger partial charge in [-0.2, -0.15) is 0 Å². The summed E-state index contributed by atoms with van der Waals surface area (Å²) in [4.78, 5) is 41.3. The van der Waals surface area contributed by atoms with Gasteiger partial charge in [0, 0.05) is 30.9 Å². The van der Waals surface area contributed by atoms with Crippen molar-refractivity contribution >= 4 is 29.1 Å². The lowest BCUT2D eigenvalue weighted by atomic mass is 10.1. The zero-order valence-corrected chi connectivity index (χ0v) is 18.0. The molecule has 2 fully saturated rings. The first-order valence-electron chi connectivity index (χ1n) is 11.1. The number of imide groups is 1. The van der Waals surface area contributed by atoms with Crippen LogP contribution in [-0.2, 0) is 9.47 Å². The molecule has 3 aliphatic rings. The number of hydrogen-bond donors (Lipinski definition) is 1. The molecule has 33 heavy (non-hydrogen) atoms. The minimum Gasteiger partial charge on any atom is -0.378 e. The molecule has 3 heterocycles. The van der Waals surface area contributed by atoms with E-state index in [0.29, 0.717) is 44.3 Å². The zero-order valence-electron chi connectivity index (χ0n) is 18.0. The summed E-state index contributed by atoms with van der Waals surface area (Å²) in [5.41, 5.74) is 1.45. The number of rotatable bonds is 5. The van der Waals surface area contributed by atoms with Crippen molar-refractivity contribution < 1.29 is 28.2 Å². The first-order chi connectivity index (χ1) is 16.0. The highest BCUT2D eigenvalue weighted by Gasteiger charge is 2.38. The van der Waals surface area contributed by atoms with E-state index in [4.69, 9.17) is 9.47 Å². The number of nitrogens with one attached hydrogen (secondary N) is 1. The molecule has 0 radical (unpaired) electrons. The maximum Gasteiger partial charge on any atom is 0.261 e. The average Bonchev–Trinajstić information content (AvgIpc) is 3.42. The quantitative estimate of drug-likeness (QED) is 0.701. The molecule has 3 aliphatic heterocycles. The van der Waals surface area contributed by atoms with Crippen LogP contribution in [-0.4, -0.2) is 68.2 Å². The lowest BCUT2D eigenvalue weighted by molar-refractivity contribution is 0.0475. The molecule has 1 N–H and O–H groups in total. The zero-order chi connectivity index (χ0) is 22.9. The summed E-state index contributed by atoms with van der Waals surface area (Å²) in [5, 5.41) is 2.66. The van der Waals surface area contributed by atoms with Crippen LogP contribution in [0, 0.1) is 5.82 Å². The third-order valence-electron chi connectivity index (χ3n) is 6.20. The van der Waals surface area contributed by atoms with Crippen LogP contribution < -0.4 is 10.2 Å². The molecular formula is C24H24FN3O5. The van der Waals surface area contributed by atoms with Crippen LogP contribution in [0.15, 0.2) is 36.4 Å². The third-order valence-corrected chi connectivity index (χ3v) is 6.20. The van der Waals surface area contributed by atoms with E-state index in [2.05, 4.69) is 5.32 Å². The van der Waals surface area contributed by atoms with Crippen molar-refractivity contribution in [2.75, 3.05) is 49.7 Å². The number of amides is 3. The van der Waals surface area contributed by atoms with Gasteiger partial charge in [0.05, 0.1) is 42.7 Å². The maximum absolute atomic E-state index is 14.6. The van der Waals surface area contributed by atoms with Gasteiger partial charge >= 0.3 is 0 Å². The fourth-order valence-corrected chi connectivity index (χ4v) is 4.44. The van der Waals surface area contributed by atoms with Gasteiger partial charge in [-0.15, -0.1) is 0 Å². The molecule has 0 saturated carbocycles. The molecule has 2 aromatic rings. The van der Waals surface area contributed by atoms with Gasteiger partial charge in [-0.1, -0.05) is 0 Å². The number of anilines is 2. The summed E-state index contributed by atoms with van der Waals surface area (Å²) >= 11 is 0. The molecule has 2 saturated heterocycles. The summed E-state index contributed by atoms with van der Waals surface area (Å²) in [6, 6.07) is 8.93. The topological polar surface area (TPSA) is 88.2 Å². The van der Waals surface area contributed by atoms with E-state index in [9.17, 15) is 18.8 Å². The predicted molar refractivity (Wildman–Crippen MR) is 118 cm³/mol. The lowest BCUT2D eigenvalue weighted by Gasteiger charge is -2.29. The van der Waals surface area contributed by atoms with Crippen LogP contribution in [0.5, 0.6) is 0 Å². The molecule has 2 aromatic carbocycles. The Labute approximate surface area is 190 Å². The van der Waals surface area contributed by atoms with Gasteiger partial charge in [0.25, 0.3) is 17.7 Å². The minimum absolute atomic E-state index is 0.148. The average molecular weight is 453 g/mol. The molecule has 0 aromatic heterocycles. The fraction of sp³-hybridized carbons (Fsp3) is 0.375. The van der Waals surface area contributed by atoms with Crippen molar-refractivity contribution in [2.45, 2.75) is 18.9 Å². The Hall–Kier alpha value is -3.30. The van der Waals surface area contributed by atoms with Crippen LogP contribution in [0.25, 0.3) is 0 Å².